The van der Waals surface area contributed by atoms with Crippen LogP contribution in [0.25, 0.3) is 6.08 Å². The molecule has 0 aliphatic carbocycles. The number of benzene rings is 2. The molecule has 2 aromatic carbocycles. The molecule has 1 aliphatic rings. The van der Waals surface area contributed by atoms with Gasteiger partial charge in [0.05, 0.1) is 26.0 Å². The highest BCUT2D eigenvalue weighted by atomic mass is 16.5. The Morgan fingerprint density at radius 1 is 1.19 bits per heavy atom. The van der Waals surface area contributed by atoms with Gasteiger partial charge in [0.25, 0.3) is 5.91 Å². The fourth-order valence-corrected chi connectivity index (χ4v) is 2.57. The number of carbonyl (C=O) groups excluding carboxylic acids is 1. The quantitative estimate of drug-likeness (QED) is 0.675. The van der Waals surface area contributed by atoms with Gasteiger partial charge in [-0.25, -0.2) is 0 Å². The molecule has 0 radical (unpaired) electrons. The predicted octanol–water partition coefficient (Wildman–Crippen LogP) is 3.40. The van der Waals surface area contributed by atoms with Gasteiger partial charge in [-0.15, -0.1) is 0 Å². The molecule has 0 unspecified atom stereocenters. The number of anilines is 1. The Kier molecular flexibility index (Phi) is 5.40. The first-order valence-corrected chi connectivity index (χ1v) is 8.17. The van der Waals surface area contributed by atoms with Gasteiger partial charge in [-0.05, 0) is 24.3 Å². The van der Waals surface area contributed by atoms with Crippen LogP contribution in [-0.2, 0) is 4.79 Å². The van der Waals surface area contributed by atoms with Crippen molar-refractivity contribution in [3.63, 3.8) is 0 Å². The normalized spacial score (nSPS) is 13.3. The summed E-state index contributed by atoms with van der Waals surface area (Å²) in [6.45, 7) is 1.09. The first kappa shape index (κ1) is 17.4. The largest absolute Gasteiger partial charge is 0.495 e. The van der Waals surface area contributed by atoms with E-state index in [9.17, 15) is 10.1 Å². The molecule has 0 fully saturated rings. The van der Waals surface area contributed by atoms with Crippen molar-refractivity contribution >= 4 is 17.7 Å². The van der Waals surface area contributed by atoms with Crippen LogP contribution in [-0.4, -0.2) is 26.2 Å². The van der Waals surface area contributed by atoms with Crippen LogP contribution in [0.1, 0.15) is 12.0 Å². The molecule has 0 aromatic heterocycles. The second kappa shape index (κ2) is 8.08. The molecule has 0 saturated heterocycles. The number of nitrogens with one attached hydrogen (secondary N) is 1. The van der Waals surface area contributed by atoms with Gasteiger partial charge >= 0.3 is 0 Å². The summed E-state index contributed by atoms with van der Waals surface area (Å²) in [5, 5.41) is 12.1. The Morgan fingerprint density at radius 3 is 2.81 bits per heavy atom. The van der Waals surface area contributed by atoms with Gasteiger partial charge < -0.3 is 19.5 Å². The number of rotatable bonds is 4. The van der Waals surface area contributed by atoms with Crippen molar-refractivity contribution in [2.24, 2.45) is 0 Å². The molecule has 26 heavy (non-hydrogen) atoms. The van der Waals surface area contributed by atoms with E-state index in [1.807, 2.05) is 6.07 Å². The van der Waals surface area contributed by atoms with Crippen LogP contribution >= 0.6 is 0 Å². The number of amides is 1. The summed E-state index contributed by atoms with van der Waals surface area (Å²) in [4.78, 5) is 12.5. The highest BCUT2D eigenvalue weighted by Crippen LogP contribution is 2.34. The van der Waals surface area contributed by atoms with Gasteiger partial charge in [0.15, 0.2) is 11.5 Å². The van der Waals surface area contributed by atoms with E-state index >= 15 is 0 Å². The number of carbonyl (C=O) groups is 1. The highest BCUT2D eigenvalue weighted by Gasteiger charge is 2.17. The molecule has 3 rings (SSSR count). The highest BCUT2D eigenvalue weighted by molar-refractivity contribution is 6.10. The van der Waals surface area contributed by atoms with E-state index in [0.29, 0.717) is 41.7 Å². The van der Waals surface area contributed by atoms with E-state index in [1.54, 1.807) is 42.5 Å². The second-order valence-electron chi connectivity index (χ2n) is 5.55. The molecule has 132 valence electrons. The van der Waals surface area contributed by atoms with Crippen molar-refractivity contribution in [1.29, 1.82) is 5.26 Å². The van der Waals surface area contributed by atoms with Crippen molar-refractivity contribution in [3.05, 3.63) is 53.6 Å². The Labute approximate surface area is 151 Å². The summed E-state index contributed by atoms with van der Waals surface area (Å²) < 4.78 is 16.6. The van der Waals surface area contributed by atoms with E-state index in [1.165, 1.54) is 13.2 Å². The van der Waals surface area contributed by atoms with Gasteiger partial charge in [0.2, 0.25) is 0 Å². The third kappa shape index (κ3) is 3.78. The van der Waals surface area contributed by atoms with Crippen molar-refractivity contribution in [3.8, 4) is 23.3 Å². The monoisotopic (exact) mass is 350 g/mol. The number of hydrogen-bond donors (Lipinski definition) is 1. The second-order valence-corrected chi connectivity index (χ2v) is 5.55. The number of methoxy groups -OCH3 is 1. The zero-order valence-electron chi connectivity index (χ0n) is 14.3. The minimum absolute atomic E-state index is 0.0443. The van der Waals surface area contributed by atoms with Crippen LogP contribution in [0, 0.1) is 11.3 Å². The van der Waals surface area contributed by atoms with E-state index in [4.69, 9.17) is 14.2 Å². The van der Waals surface area contributed by atoms with Gasteiger partial charge in [-0.2, -0.15) is 5.26 Å². The molecule has 1 amide bonds. The van der Waals surface area contributed by atoms with Crippen LogP contribution in [0.15, 0.2) is 48.0 Å². The van der Waals surface area contributed by atoms with Crippen molar-refractivity contribution in [2.75, 3.05) is 25.6 Å². The summed E-state index contributed by atoms with van der Waals surface area (Å²) in [6, 6.07) is 14.3. The van der Waals surface area contributed by atoms with Crippen LogP contribution in [0.5, 0.6) is 17.2 Å². The topological polar surface area (TPSA) is 80.6 Å². The number of nitriles is 1. The van der Waals surface area contributed by atoms with Gasteiger partial charge in [-0.3, -0.25) is 4.79 Å². The molecular formula is C20H18N2O4. The van der Waals surface area contributed by atoms with Crippen molar-refractivity contribution < 1.29 is 19.0 Å². The Hall–Kier alpha value is -3.46. The molecule has 0 atom stereocenters. The standard InChI is InChI=1S/C20H18N2O4/c1-24-17-8-3-2-7-16(17)22-20(23)15(13-21)12-14-6-4-9-18-19(14)26-11-5-10-25-18/h2-4,6-9,12H,5,10-11H2,1H3,(H,22,23)/b15-12+. The maximum Gasteiger partial charge on any atom is 0.266 e. The smallest absolute Gasteiger partial charge is 0.266 e. The zero-order valence-corrected chi connectivity index (χ0v) is 14.3. The average molecular weight is 350 g/mol. The number of hydrogen-bond acceptors (Lipinski definition) is 5. The summed E-state index contributed by atoms with van der Waals surface area (Å²) in [5.74, 6) is 1.15. The number of fused-ring (bicyclic) bond motifs is 1. The van der Waals surface area contributed by atoms with Crippen LogP contribution in [0.3, 0.4) is 0 Å². The third-order valence-electron chi connectivity index (χ3n) is 3.82. The molecule has 2 aromatic rings. The minimum atomic E-state index is -0.524. The zero-order chi connectivity index (χ0) is 18.4. The number of ether oxygens (including phenoxy) is 3. The first-order valence-electron chi connectivity index (χ1n) is 8.17. The van der Waals surface area contributed by atoms with Crippen molar-refractivity contribution in [1.82, 2.24) is 0 Å². The summed E-state index contributed by atoms with van der Waals surface area (Å²) in [6.07, 6.45) is 2.27. The van der Waals surface area contributed by atoms with Gasteiger partial charge in [0, 0.05) is 12.0 Å². The molecule has 0 saturated carbocycles. The van der Waals surface area contributed by atoms with Crippen LogP contribution in [0.4, 0.5) is 5.69 Å². The van der Waals surface area contributed by atoms with Crippen molar-refractivity contribution in [2.45, 2.75) is 6.42 Å². The Morgan fingerprint density at radius 2 is 2.00 bits per heavy atom. The lowest BCUT2D eigenvalue weighted by atomic mass is 10.1. The molecular weight excluding hydrogens is 332 g/mol. The maximum atomic E-state index is 12.5. The SMILES string of the molecule is COc1ccccc1NC(=O)/C(C#N)=C/c1cccc2c1OCCCO2. The fraction of sp³-hybridized carbons (Fsp3) is 0.200. The number of nitrogens with zero attached hydrogens (tertiary/aromatic N) is 1. The third-order valence-corrected chi connectivity index (χ3v) is 3.82. The Bertz CT molecular complexity index is 884. The average Bonchev–Trinajstić information content (AvgIpc) is 2.92. The molecule has 6 heteroatoms. The van der Waals surface area contributed by atoms with E-state index in [-0.39, 0.29) is 5.57 Å². The molecule has 0 spiro atoms. The molecule has 1 heterocycles. The van der Waals surface area contributed by atoms with Crippen LogP contribution < -0.4 is 19.5 Å². The van der Waals surface area contributed by atoms with E-state index in [0.717, 1.165) is 6.42 Å². The lowest BCUT2D eigenvalue weighted by Gasteiger charge is -2.11. The molecule has 6 nitrogen and oxygen atoms in total. The fourth-order valence-electron chi connectivity index (χ4n) is 2.57. The van der Waals surface area contributed by atoms with Crippen LogP contribution in [0.2, 0.25) is 0 Å². The lowest BCUT2D eigenvalue weighted by molar-refractivity contribution is -0.112. The summed E-state index contributed by atoms with van der Waals surface area (Å²) in [5.41, 5.74) is 1.07. The number of para-hydroxylation sites is 3. The minimum Gasteiger partial charge on any atom is -0.495 e. The molecule has 0 bridgehead atoms. The van der Waals surface area contributed by atoms with E-state index < -0.39 is 5.91 Å². The molecule has 1 aliphatic heterocycles. The first-order chi connectivity index (χ1) is 12.7. The van der Waals surface area contributed by atoms with Gasteiger partial charge in [0.1, 0.15) is 17.4 Å². The molecule has 1 N–H and O–H groups in total. The predicted molar refractivity (Wildman–Crippen MR) is 97.3 cm³/mol. The lowest BCUT2D eigenvalue weighted by Crippen LogP contribution is -2.14. The summed E-state index contributed by atoms with van der Waals surface area (Å²) >= 11 is 0. The summed E-state index contributed by atoms with van der Waals surface area (Å²) in [7, 11) is 1.52. The van der Waals surface area contributed by atoms with Gasteiger partial charge in [-0.1, -0.05) is 24.3 Å². The maximum absolute atomic E-state index is 12.5. The van der Waals surface area contributed by atoms with E-state index in [2.05, 4.69) is 5.32 Å². The Balaban J connectivity index is 1.89.